The molecule has 29 heavy (non-hydrogen) atoms. The lowest BCUT2D eigenvalue weighted by Gasteiger charge is -2.15. The van der Waals surface area contributed by atoms with Crippen molar-refractivity contribution < 1.29 is 23.4 Å². The number of furan rings is 1. The summed E-state index contributed by atoms with van der Waals surface area (Å²) in [5.74, 6) is 1.96. The lowest BCUT2D eigenvalue weighted by atomic mass is 10.1. The molecule has 6 heteroatoms. The van der Waals surface area contributed by atoms with Crippen LogP contribution in [0.3, 0.4) is 0 Å². The van der Waals surface area contributed by atoms with Crippen LogP contribution in [0.1, 0.15) is 23.8 Å². The third kappa shape index (κ3) is 6.40. The minimum Gasteiger partial charge on any atom is -0.497 e. The predicted octanol–water partition coefficient (Wildman–Crippen LogP) is 4.09. The fraction of sp³-hybridized carbons (Fsp3) is 0.261. The van der Waals surface area contributed by atoms with E-state index in [0.29, 0.717) is 25.5 Å². The number of hydrogen-bond acceptors (Lipinski definition) is 5. The minimum atomic E-state index is -0.608. The Labute approximate surface area is 170 Å². The molecule has 0 aliphatic heterocycles. The largest absolute Gasteiger partial charge is 0.497 e. The molecule has 3 rings (SSSR count). The van der Waals surface area contributed by atoms with Gasteiger partial charge in [0.05, 0.1) is 20.0 Å². The van der Waals surface area contributed by atoms with Crippen molar-refractivity contribution in [3.05, 3.63) is 83.8 Å². The Kier molecular flexibility index (Phi) is 7.30. The zero-order valence-electron chi connectivity index (χ0n) is 16.6. The number of rotatable bonds is 10. The van der Waals surface area contributed by atoms with Crippen LogP contribution in [0.2, 0.25) is 0 Å². The molecule has 152 valence electrons. The number of hydrogen-bond donors (Lipinski definition) is 1. The SMILES string of the molecule is COc1ccc(OC(C)C(=O)NCc2cccc(COCc3ccco3)c2)cc1. The molecule has 1 unspecified atom stereocenters. The van der Waals surface area contributed by atoms with Crippen LogP contribution in [-0.2, 0) is 29.3 Å². The Morgan fingerprint density at radius 2 is 1.76 bits per heavy atom. The summed E-state index contributed by atoms with van der Waals surface area (Å²) < 4.78 is 21.7. The van der Waals surface area contributed by atoms with Gasteiger partial charge in [0.1, 0.15) is 23.9 Å². The average Bonchev–Trinajstić information content (AvgIpc) is 3.26. The highest BCUT2D eigenvalue weighted by atomic mass is 16.5. The second-order valence-corrected chi connectivity index (χ2v) is 6.55. The molecule has 0 saturated carbocycles. The molecule has 3 aromatic rings. The van der Waals surface area contributed by atoms with Crippen molar-refractivity contribution in [1.82, 2.24) is 5.32 Å². The second kappa shape index (κ2) is 10.3. The van der Waals surface area contributed by atoms with Crippen molar-refractivity contribution in [3.8, 4) is 11.5 Å². The first-order valence-electron chi connectivity index (χ1n) is 9.40. The lowest BCUT2D eigenvalue weighted by Crippen LogP contribution is -2.35. The van der Waals surface area contributed by atoms with Crippen LogP contribution in [0, 0.1) is 0 Å². The van der Waals surface area contributed by atoms with E-state index in [1.165, 1.54) is 0 Å². The zero-order chi connectivity index (χ0) is 20.5. The average molecular weight is 395 g/mol. The van der Waals surface area contributed by atoms with Gasteiger partial charge >= 0.3 is 0 Å². The maximum absolute atomic E-state index is 12.3. The third-order valence-electron chi connectivity index (χ3n) is 4.29. The van der Waals surface area contributed by atoms with Crippen molar-refractivity contribution in [2.45, 2.75) is 32.8 Å². The topological polar surface area (TPSA) is 69.9 Å². The first-order chi connectivity index (χ1) is 14.1. The zero-order valence-corrected chi connectivity index (χ0v) is 16.6. The molecule has 2 aromatic carbocycles. The monoisotopic (exact) mass is 395 g/mol. The van der Waals surface area contributed by atoms with Crippen molar-refractivity contribution in [2.75, 3.05) is 7.11 Å². The summed E-state index contributed by atoms with van der Waals surface area (Å²) >= 11 is 0. The summed E-state index contributed by atoms with van der Waals surface area (Å²) in [6, 6.07) is 18.8. The van der Waals surface area contributed by atoms with E-state index in [2.05, 4.69) is 5.32 Å². The molecule has 0 bridgehead atoms. The fourth-order valence-electron chi connectivity index (χ4n) is 2.74. The van der Waals surface area contributed by atoms with Gasteiger partial charge < -0.3 is 23.9 Å². The summed E-state index contributed by atoms with van der Waals surface area (Å²) in [4.78, 5) is 12.3. The molecule has 1 N–H and O–H groups in total. The van der Waals surface area contributed by atoms with Gasteiger partial charge in [-0.1, -0.05) is 24.3 Å². The van der Waals surface area contributed by atoms with Crippen LogP contribution < -0.4 is 14.8 Å². The molecular weight excluding hydrogens is 370 g/mol. The van der Waals surface area contributed by atoms with Crippen LogP contribution >= 0.6 is 0 Å². The van der Waals surface area contributed by atoms with Crippen molar-refractivity contribution in [3.63, 3.8) is 0 Å². The number of nitrogens with one attached hydrogen (secondary N) is 1. The van der Waals surface area contributed by atoms with E-state index in [1.54, 1.807) is 44.6 Å². The Balaban J connectivity index is 1.45. The van der Waals surface area contributed by atoms with Crippen LogP contribution in [0.4, 0.5) is 0 Å². The molecule has 1 amide bonds. The van der Waals surface area contributed by atoms with E-state index < -0.39 is 6.10 Å². The number of ether oxygens (including phenoxy) is 3. The number of carbonyl (C=O) groups excluding carboxylic acids is 1. The highest BCUT2D eigenvalue weighted by Crippen LogP contribution is 2.18. The Morgan fingerprint density at radius 3 is 2.48 bits per heavy atom. The predicted molar refractivity (Wildman–Crippen MR) is 109 cm³/mol. The summed E-state index contributed by atoms with van der Waals surface area (Å²) in [6.45, 7) is 3.04. The van der Waals surface area contributed by atoms with Gasteiger partial charge in [-0.3, -0.25) is 4.79 Å². The first-order valence-corrected chi connectivity index (χ1v) is 9.40. The van der Waals surface area contributed by atoms with Crippen LogP contribution in [0.15, 0.2) is 71.3 Å². The maximum Gasteiger partial charge on any atom is 0.261 e. The smallest absolute Gasteiger partial charge is 0.261 e. The highest BCUT2D eigenvalue weighted by Gasteiger charge is 2.14. The summed E-state index contributed by atoms with van der Waals surface area (Å²) in [6.07, 6.45) is 1.02. The molecule has 1 atom stereocenters. The third-order valence-corrected chi connectivity index (χ3v) is 4.29. The molecule has 6 nitrogen and oxygen atoms in total. The number of carbonyl (C=O) groups is 1. The molecule has 0 fully saturated rings. The van der Waals surface area contributed by atoms with E-state index in [0.717, 1.165) is 22.6 Å². The summed E-state index contributed by atoms with van der Waals surface area (Å²) in [5.41, 5.74) is 2.03. The van der Waals surface area contributed by atoms with Crippen LogP contribution in [-0.4, -0.2) is 19.1 Å². The summed E-state index contributed by atoms with van der Waals surface area (Å²) in [5, 5.41) is 2.90. The van der Waals surface area contributed by atoms with Crippen molar-refractivity contribution in [2.24, 2.45) is 0 Å². The molecule has 0 aliphatic carbocycles. The van der Waals surface area contributed by atoms with Gasteiger partial charge in [-0.25, -0.2) is 0 Å². The number of amides is 1. The van der Waals surface area contributed by atoms with Crippen LogP contribution in [0.5, 0.6) is 11.5 Å². The van der Waals surface area contributed by atoms with E-state index in [-0.39, 0.29) is 5.91 Å². The maximum atomic E-state index is 12.3. The normalized spacial score (nSPS) is 11.7. The highest BCUT2D eigenvalue weighted by molar-refractivity contribution is 5.80. The molecule has 0 radical (unpaired) electrons. The fourth-order valence-corrected chi connectivity index (χ4v) is 2.74. The van der Waals surface area contributed by atoms with E-state index in [9.17, 15) is 4.79 Å². The standard InChI is InChI=1S/C23H25NO5/c1-17(29-21-10-8-20(26-2)9-11-21)23(25)24-14-18-5-3-6-19(13-18)15-27-16-22-7-4-12-28-22/h3-13,17H,14-16H2,1-2H3,(H,24,25). The van der Waals surface area contributed by atoms with Crippen molar-refractivity contribution >= 4 is 5.91 Å². The molecule has 1 aromatic heterocycles. The Morgan fingerprint density at radius 1 is 1.00 bits per heavy atom. The van der Waals surface area contributed by atoms with Gasteiger partial charge in [0, 0.05) is 6.54 Å². The molecule has 0 aliphatic rings. The quantitative estimate of drug-likeness (QED) is 0.560. The molecule has 1 heterocycles. The molecular formula is C23H25NO5. The van der Waals surface area contributed by atoms with E-state index >= 15 is 0 Å². The molecule has 0 saturated heterocycles. The number of methoxy groups -OCH3 is 1. The van der Waals surface area contributed by atoms with Gasteiger partial charge in [0.2, 0.25) is 0 Å². The Hall–Kier alpha value is -3.25. The molecule has 0 spiro atoms. The Bertz CT molecular complexity index is 890. The van der Waals surface area contributed by atoms with E-state index in [1.807, 2.05) is 36.4 Å². The lowest BCUT2D eigenvalue weighted by molar-refractivity contribution is -0.127. The number of benzene rings is 2. The summed E-state index contributed by atoms with van der Waals surface area (Å²) in [7, 11) is 1.60. The van der Waals surface area contributed by atoms with Gasteiger partial charge in [-0.05, 0) is 54.4 Å². The van der Waals surface area contributed by atoms with Gasteiger partial charge in [-0.2, -0.15) is 0 Å². The van der Waals surface area contributed by atoms with E-state index in [4.69, 9.17) is 18.6 Å². The second-order valence-electron chi connectivity index (χ2n) is 6.55. The van der Waals surface area contributed by atoms with Gasteiger partial charge in [0.25, 0.3) is 5.91 Å². The van der Waals surface area contributed by atoms with Gasteiger partial charge in [-0.15, -0.1) is 0 Å². The van der Waals surface area contributed by atoms with Crippen LogP contribution in [0.25, 0.3) is 0 Å². The first kappa shape index (κ1) is 20.5. The minimum absolute atomic E-state index is 0.180. The van der Waals surface area contributed by atoms with Crippen molar-refractivity contribution in [1.29, 1.82) is 0 Å². The van der Waals surface area contributed by atoms with Gasteiger partial charge in [0.15, 0.2) is 6.10 Å².